The zero-order valence-corrected chi connectivity index (χ0v) is 13.3. The average molecular weight is 309 g/mol. The average Bonchev–Trinajstić information content (AvgIpc) is 2.46. The van der Waals surface area contributed by atoms with Gasteiger partial charge in [0, 0.05) is 19.0 Å². The molecule has 1 saturated carbocycles. The van der Waals surface area contributed by atoms with Crippen LogP contribution in [0.25, 0.3) is 0 Å². The monoisotopic (exact) mass is 309 g/mol. The van der Waals surface area contributed by atoms with Crippen LogP contribution in [0.15, 0.2) is 29.2 Å². The highest BCUT2D eigenvalue weighted by molar-refractivity contribution is 7.89. The van der Waals surface area contributed by atoms with Gasteiger partial charge in [0.2, 0.25) is 10.0 Å². The fourth-order valence-corrected chi connectivity index (χ4v) is 5.10. The first-order valence-electron chi connectivity index (χ1n) is 7.71. The number of aryl methyl sites for hydroxylation is 1. The number of aliphatic hydroxyl groups is 1. The predicted octanol–water partition coefficient (Wildman–Crippen LogP) is 2.31. The van der Waals surface area contributed by atoms with Crippen LogP contribution >= 0.6 is 0 Å². The third-order valence-electron chi connectivity index (χ3n) is 5.05. The van der Waals surface area contributed by atoms with E-state index >= 15 is 0 Å². The van der Waals surface area contributed by atoms with E-state index in [0.717, 1.165) is 31.2 Å². The van der Waals surface area contributed by atoms with Gasteiger partial charge in [-0.2, -0.15) is 4.31 Å². The largest absolute Gasteiger partial charge is 0.390 e. The van der Waals surface area contributed by atoms with Gasteiger partial charge in [-0.05, 0) is 38.3 Å². The maximum atomic E-state index is 12.7. The molecule has 4 nitrogen and oxygen atoms in total. The van der Waals surface area contributed by atoms with E-state index in [-0.39, 0.29) is 5.92 Å². The highest BCUT2D eigenvalue weighted by atomic mass is 32.2. The molecular weight excluding hydrogens is 286 g/mol. The number of nitrogens with zero attached hydrogens (tertiary/aromatic N) is 1. The van der Waals surface area contributed by atoms with E-state index in [1.807, 2.05) is 19.1 Å². The topological polar surface area (TPSA) is 57.6 Å². The van der Waals surface area contributed by atoms with Crippen molar-refractivity contribution < 1.29 is 13.5 Å². The fraction of sp³-hybridized carbons (Fsp3) is 0.625. The predicted molar refractivity (Wildman–Crippen MR) is 81.5 cm³/mol. The summed E-state index contributed by atoms with van der Waals surface area (Å²) in [5, 5.41) is 10.7. The van der Waals surface area contributed by atoms with Crippen LogP contribution in [0.3, 0.4) is 0 Å². The van der Waals surface area contributed by atoms with Crippen LogP contribution in [0.4, 0.5) is 0 Å². The minimum Gasteiger partial charge on any atom is -0.390 e. The number of hydrogen-bond acceptors (Lipinski definition) is 3. The number of fused-ring (bicyclic) bond motifs is 1. The molecule has 2 atom stereocenters. The summed E-state index contributed by atoms with van der Waals surface area (Å²) < 4.78 is 27.0. The van der Waals surface area contributed by atoms with Crippen molar-refractivity contribution in [3.05, 3.63) is 29.8 Å². The summed E-state index contributed by atoms with van der Waals surface area (Å²) in [5.41, 5.74) is 0.409. The summed E-state index contributed by atoms with van der Waals surface area (Å²) in [4.78, 5) is 0.356. The Morgan fingerprint density at radius 3 is 2.62 bits per heavy atom. The van der Waals surface area contributed by atoms with Crippen molar-refractivity contribution in [2.75, 3.05) is 13.1 Å². The molecule has 1 N–H and O–H groups in total. The van der Waals surface area contributed by atoms with E-state index in [2.05, 4.69) is 0 Å². The molecule has 2 fully saturated rings. The second kappa shape index (κ2) is 5.38. The summed E-state index contributed by atoms with van der Waals surface area (Å²) in [7, 11) is -3.43. The minimum absolute atomic E-state index is 0.0835. The molecule has 0 radical (unpaired) electrons. The Bertz CT molecular complexity index is 611. The highest BCUT2D eigenvalue weighted by Crippen LogP contribution is 2.40. The molecule has 116 valence electrons. The molecule has 1 aromatic rings. The summed E-state index contributed by atoms with van der Waals surface area (Å²) in [6, 6.07) is 7.00. The number of rotatable bonds is 2. The maximum Gasteiger partial charge on any atom is 0.243 e. The van der Waals surface area contributed by atoms with Gasteiger partial charge in [-0.3, -0.25) is 0 Å². The van der Waals surface area contributed by atoms with Gasteiger partial charge in [-0.15, -0.1) is 0 Å². The molecule has 1 aromatic carbocycles. The molecule has 1 saturated heterocycles. The van der Waals surface area contributed by atoms with E-state index in [4.69, 9.17) is 0 Å². The first-order valence-corrected chi connectivity index (χ1v) is 9.15. The second-order valence-electron chi connectivity index (χ2n) is 6.47. The number of sulfonamides is 1. The number of piperidine rings is 1. The van der Waals surface area contributed by atoms with Crippen LogP contribution in [-0.2, 0) is 10.0 Å². The quantitative estimate of drug-likeness (QED) is 0.912. The van der Waals surface area contributed by atoms with Crippen molar-refractivity contribution in [2.24, 2.45) is 5.92 Å². The van der Waals surface area contributed by atoms with Crippen molar-refractivity contribution in [2.45, 2.75) is 49.5 Å². The third kappa shape index (κ3) is 2.74. The Labute approximate surface area is 126 Å². The van der Waals surface area contributed by atoms with Gasteiger partial charge in [0.1, 0.15) is 0 Å². The van der Waals surface area contributed by atoms with E-state index < -0.39 is 15.6 Å². The van der Waals surface area contributed by atoms with Gasteiger partial charge in [-0.1, -0.05) is 30.5 Å². The van der Waals surface area contributed by atoms with Gasteiger partial charge in [0.05, 0.1) is 10.5 Å². The molecular formula is C16H23NO3S. The molecule has 0 spiro atoms. The lowest BCUT2D eigenvalue weighted by molar-refractivity contribution is -0.0816. The zero-order valence-electron chi connectivity index (χ0n) is 12.5. The lowest BCUT2D eigenvalue weighted by Gasteiger charge is -2.46. The van der Waals surface area contributed by atoms with Gasteiger partial charge < -0.3 is 5.11 Å². The molecule has 21 heavy (non-hydrogen) atoms. The normalized spacial score (nSPS) is 30.9. The lowest BCUT2D eigenvalue weighted by atomic mass is 9.72. The Morgan fingerprint density at radius 2 is 1.90 bits per heavy atom. The first-order chi connectivity index (χ1) is 9.92. The maximum absolute atomic E-state index is 12.7. The molecule has 2 unspecified atom stereocenters. The van der Waals surface area contributed by atoms with Crippen LogP contribution in [0.5, 0.6) is 0 Å². The Hall–Kier alpha value is -0.910. The lowest BCUT2D eigenvalue weighted by Crippen LogP contribution is -2.54. The summed E-state index contributed by atoms with van der Waals surface area (Å²) in [5.74, 6) is 0.0835. The minimum atomic E-state index is -3.43. The molecule has 0 amide bonds. The van der Waals surface area contributed by atoms with E-state index in [1.54, 1.807) is 16.4 Å². The van der Waals surface area contributed by atoms with E-state index in [1.165, 1.54) is 0 Å². The molecule has 1 aliphatic heterocycles. The van der Waals surface area contributed by atoms with Crippen LogP contribution in [0.1, 0.15) is 37.7 Å². The fourth-order valence-electron chi connectivity index (χ4n) is 3.62. The van der Waals surface area contributed by atoms with Crippen LogP contribution in [-0.4, -0.2) is 36.5 Å². The van der Waals surface area contributed by atoms with Gasteiger partial charge in [-0.25, -0.2) is 8.42 Å². The third-order valence-corrected chi connectivity index (χ3v) is 6.93. The van der Waals surface area contributed by atoms with E-state index in [0.29, 0.717) is 24.4 Å². The molecule has 1 heterocycles. The summed E-state index contributed by atoms with van der Waals surface area (Å²) in [6.45, 7) is 2.81. The van der Waals surface area contributed by atoms with Gasteiger partial charge in [0.15, 0.2) is 0 Å². The second-order valence-corrected chi connectivity index (χ2v) is 8.41. The molecule has 1 aliphatic carbocycles. The standard InChI is InChI=1S/C16H23NO3S/c1-13-5-7-15(8-6-13)21(19,20)17-11-10-16(18)9-3-2-4-14(16)12-17/h5-8,14,18H,2-4,9-12H2,1H3. The van der Waals surface area contributed by atoms with Crippen molar-refractivity contribution in [3.63, 3.8) is 0 Å². The van der Waals surface area contributed by atoms with Gasteiger partial charge >= 0.3 is 0 Å². The SMILES string of the molecule is Cc1ccc(S(=O)(=O)N2CCC3(O)CCCCC3C2)cc1. The summed E-state index contributed by atoms with van der Waals surface area (Å²) in [6.07, 6.45) is 4.44. The number of hydrogen-bond donors (Lipinski definition) is 1. The molecule has 5 heteroatoms. The zero-order chi connectivity index (χ0) is 15.1. The molecule has 0 aromatic heterocycles. The van der Waals surface area contributed by atoms with Crippen molar-refractivity contribution in [1.29, 1.82) is 0 Å². The van der Waals surface area contributed by atoms with Gasteiger partial charge in [0.25, 0.3) is 0 Å². The number of benzene rings is 1. The smallest absolute Gasteiger partial charge is 0.243 e. The van der Waals surface area contributed by atoms with Crippen LogP contribution < -0.4 is 0 Å². The van der Waals surface area contributed by atoms with E-state index in [9.17, 15) is 13.5 Å². The molecule has 0 bridgehead atoms. The molecule has 3 rings (SSSR count). The first kappa shape index (κ1) is 15.0. The highest BCUT2D eigenvalue weighted by Gasteiger charge is 2.45. The Kier molecular flexibility index (Phi) is 3.84. The van der Waals surface area contributed by atoms with Crippen molar-refractivity contribution in [1.82, 2.24) is 4.31 Å². The van der Waals surface area contributed by atoms with Crippen molar-refractivity contribution >= 4 is 10.0 Å². The summed E-state index contributed by atoms with van der Waals surface area (Å²) >= 11 is 0. The van der Waals surface area contributed by atoms with Crippen molar-refractivity contribution in [3.8, 4) is 0 Å². The van der Waals surface area contributed by atoms with Crippen LogP contribution in [0, 0.1) is 12.8 Å². The Balaban J connectivity index is 1.82. The van der Waals surface area contributed by atoms with Crippen LogP contribution in [0.2, 0.25) is 0 Å². The molecule has 2 aliphatic rings. The Morgan fingerprint density at radius 1 is 1.19 bits per heavy atom.